The minimum atomic E-state index is -5.00. The third-order valence-corrected chi connectivity index (χ3v) is 5.56. The van der Waals surface area contributed by atoms with Crippen LogP contribution in [0.1, 0.15) is 0 Å². The van der Waals surface area contributed by atoms with Crippen LogP contribution in [0.3, 0.4) is 0 Å². The van der Waals surface area contributed by atoms with Crippen LogP contribution in [0.15, 0.2) is 39.0 Å². The fourth-order valence-electron chi connectivity index (χ4n) is 1.96. The van der Waals surface area contributed by atoms with Gasteiger partial charge in [0.1, 0.15) is 9.79 Å². The van der Waals surface area contributed by atoms with E-state index < -0.39 is 56.1 Å². The number of benzene rings is 2. The molecule has 0 bridgehead atoms. The average molecular weight is 383 g/mol. The molecule has 0 atom stereocenters. The van der Waals surface area contributed by atoms with Crippen LogP contribution >= 0.6 is 0 Å². The van der Waals surface area contributed by atoms with E-state index >= 15 is 0 Å². The molecule has 0 saturated heterocycles. The Balaban J connectivity index is 3.13. The van der Waals surface area contributed by atoms with E-state index in [1.807, 2.05) is 0 Å². The molecule has 13 heteroatoms. The van der Waals surface area contributed by atoms with E-state index in [1.165, 1.54) is 0 Å². The first kappa shape index (κ1) is 17.6. The maximum atomic E-state index is 11.4. The normalized spacial score (nSPS) is 13.3. The molecule has 0 radical (unpaired) electrons. The third-order valence-electron chi connectivity index (χ3n) is 2.93. The Kier molecular flexibility index (Phi) is 3.91. The predicted molar refractivity (Wildman–Crippen MR) is 77.8 cm³/mol. The first-order valence-corrected chi connectivity index (χ1v) is 9.83. The molecule has 2 aromatic carbocycles. The number of nitrogens with two attached hydrogens (primary N) is 1. The van der Waals surface area contributed by atoms with E-state index in [1.54, 1.807) is 0 Å². The number of rotatable bonds is 3. The monoisotopic (exact) mass is 383 g/mol. The second kappa shape index (κ2) is 5.12. The van der Waals surface area contributed by atoms with E-state index in [9.17, 15) is 29.8 Å². The van der Waals surface area contributed by atoms with Gasteiger partial charge in [0, 0.05) is 10.8 Å². The minimum absolute atomic E-state index is 0.264. The second-order valence-electron chi connectivity index (χ2n) is 4.42. The fourth-order valence-corrected chi connectivity index (χ4v) is 3.91. The largest absolute Gasteiger partial charge is 0.397 e. The molecule has 0 unspecified atom stereocenters. The molecule has 126 valence electrons. The Bertz CT molecular complexity index is 1130. The lowest BCUT2D eigenvalue weighted by Crippen LogP contribution is -2.09. The van der Waals surface area contributed by atoms with Gasteiger partial charge in [-0.3, -0.25) is 13.7 Å². The van der Waals surface area contributed by atoms with Crippen molar-refractivity contribution in [2.45, 2.75) is 14.7 Å². The number of nitrogen functional groups attached to an aromatic ring is 1. The predicted octanol–water partition coefficient (Wildman–Crippen LogP) is 0.162. The zero-order valence-electron chi connectivity index (χ0n) is 10.9. The van der Waals surface area contributed by atoms with Gasteiger partial charge in [0.15, 0.2) is 0 Å². The van der Waals surface area contributed by atoms with Crippen LogP contribution in [0, 0.1) is 0 Å². The highest BCUT2D eigenvalue weighted by Crippen LogP contribution is 2.34. The van der Waals surface area contributed by atoms with Crippen LogP contribution in [-0.4, -0.2) is 38.9 Å². The fraction of sp³-hybridized carbons (Fsp3) is 0. The van der Waals surface area contributed by atoms with Crippen molar-refractivity contribution in [2.24, 2.45) is 0 Å². The van der Waals surface area contributed by atoms with E-state index in [0.717, 1.165) is 12.1 Å². The van der Waals surface area contributed by atoms with Crippen molar-refractivity contribution in [1.29, 1.82) is 0 Å². The zero-order valence-corrected chi connectivity index (χ0v) is 13.4. The van der Waals surface area contributed by atoms with E-state index in [2.05, 4.69) is 0 Å². The van der Waals surface area contributed by atoms with Gasteiger partial charge in [0.2, 0.25) is 0 Å². The molecule has 2 rings (SSSR count). The molecule has 0 aromatic heterocycles. The molecule has 23 heavy (non-hydrogen) atoms. The SMILES string of the molecule is Nc1c(S(=O)(=O)O)cc(S(=O)(=O)O)c2cc(S(=O)(=O)O)ccc12. The van der Waals surface area contributed by atoms with Crippen LogP contribution in [0.4, 0.5) is 5.69 Å². The molecule has 10 nitrogen and oxygen atoms in total. The van der Waals surface area contributed by atoms with Gasteiger partial charge < -0.3 is 5.73 Å². The summed E-state index contributed by atoms with van der Waals surface area (Å²) in [7, 11) is -14.6. The second-order valence-corrected chi connectivity index (χ2v) is 8.62. The molecule has 0 aliphatic carbocycles. The van der Waals surface area contributed by atoms with Gasteiger partial charge in [-0.1, -0.05) is 6.07 Å². The molecule has 0 aliphatic rings. The van der Waals surface area contributed by atoms with Gasteiger partial charge in [0.05, 0.1) is 10.6 Å². The van der Waals surface area contributed by atoms with E-state index in [0.29, 0.717) is 12.1 Å². The van der Waals surface area contributed by atoms with E-state index in [-0.39, 0.29) is 5.39 Å². The summed E-state index contributed by atoms with van der Waals surface area (Å²) in [6.45, 7) is 0. The summed E-state index contributed by atoms with van der Waals surface area (Å²) in [5.74, 6) is 0. The summed E-state index contributed by atoms with van der Waals surface area (Å²) >= 11 is 0. The van der Waals surface area contributed by atoms with Gasteiger partial charge in [0.25, 0.3) is 30.4 Å². The summed E-state index contributed by atoms with van der Waals surface area (Å²) in [6, 6.07) is 2.85. The number of fused-ring (bicyclic) bond motifs is 1. The first-order valence-electron chi connectivity index (χ1n) is 5.51. The summed E-state index contributed by atoms with van der Waals surface area (Å²) in [5, 5.41) is -0.715. The summed E-state index contributed by atoms with van der Waals surface area (Å²) in [6.07, 6.45) is 0. The van der Waals surface area contributed by atoms with Gasteiger partial charge >= 0.3 is 0 Å². The Morgan fingerprint density at radius 2 is 1.22 bits per heavy atom. The standard InChI is InChI=1S/C10H9NO9S3/c11-10-6-2-1-5(21(12,13)14)3-7(6)8(22(15,16)17)4-9(10)23(18,19)20/h1-4H,11H2,(H,12,13,14)(H,15,16,17)(H,18,19,20). The molecule has 0 heterocycles. The molecular formula is C10H9NO9S3. The number of anilines is 1. The Morgan fingerprint density at radius 1 is 0.696 bits per heavy atom. The first-order chi connectivity index (χ1) is 10.2. The minimum Gasteiger partial charge on any atom is -0.397 e. The Morgan fingerprint density at radius 3 is 1.65 bits per heavy atom. The lowest BCUT2D eigenvalue weighted by molar-refractivity contribution is 0.478. The van der Waals surface area contributed by atoms with Crippen molar-refractivity contribution in [1.82, 2.24) is 0 Å². The molecule has 0 fully saturated rings. The number of hydrogen-bond acceptors (Lipinski definition) is 7. The van der Waals surface area contributed by atoms with Gasteiger partial charge in [-0.05, 0) is 18.2 Å². The van der Waals surface area contributed by atoms with Crippen LogP contribution in [0.2, 0.25) is 0 Å². The third kappa shape index (κ3) is 3.29. The maximum Gasteiger partial charge on any atom is 0.296 e. The van der Waals surface area contributed by atoms with Gasteiger partial charge in [-0.2, -0.15) is 25.3 Å². The average Bonchev–Trinajstić information content (AvgIpc) is 2.34. The topological polar surface area (TPSA) is 189 Å². The molecular weight excluding hydrogens is 374 g/mol. The van der Waals surface area contributed by atoms with Crippen molar-refractivity contribution in [3.63, 3.8) is 0 Å². The quantitative estimate of drug-likeness (QED) is 0.419. The van der Waals surface area contributed by atoms with Crippen molar-refractivity contribution >= 4 is 46.8 Å². The lowest BCUT2D eigenvalue weighted by Gasteiger charge is -2.11. The summed E-state index contributed by atoms with van der Waals surface area (Å²) < 4.78 is 94.9. The Labute approximate surface area is 130 Å². The van der Waals surface area contributed by atoms with Crippen molar-refractivity contribution in [3.8, 4) is 0 Å². The smallest absolute Gasteiger partial charge is 0.296 e. The maximum absolute atomic E-state index is 11.4. The van der Waals surface area contributed by atoms with Crippen molar-refractivity contribution < 1.29 is 38.9 Å². The van der Waals surface area contributed by atoms with Crippen LogP contribution in [-0.2, 0) is 30.4 Å². The summed E-state index contributed by atoms with van der Waals surface area (Å²) in [4.78, 5) is -2.68. The van der Waals surface area contributed by atoms with Crippen molar-refractivity contribution in [2.75, 3.05) is 5.73 Å². The van der Waals surface area contributed by atoms with Gasteiger partial charge in [-0.15, -0.1) is 0 Å². The van der Waals surface area contributed by atoms with Crippen LogP contribution in [0.25, 0.3) is 10.8 Å². The molecule has 2 aromatic rings. The highest BCUT2D eigenvalue weighted by Gasteiger charge is 2.25. The van der Waals surface area contributed by atoms with E-state index in [4.69, 9.17) is 14.8 Å². The highest BCUT2D eigenvalue weighted by molar-refractivity contribution is 7.87. The van der Waals surface area contributed by atoms with Gasteiger partial charge in [-0.25, -0.2) is 0 Å². The molecule has 0 aliphatic heterocycles. The summed E-state index contributed by atoms with van der Waals surface area (Å²) in [5.41, 5.74) is 4.99. The van der Waals surface area contributed by atoms with Crippen molar-refractivity contribution in [3.05, 3.63) is 24.3 Å². The molecule has 0 amide bonds. The number of hydrogen-bond donors (Lipinski definition) is 4. The molecule has 0 spiro atoms. The highest BCUT2D eigenvalue weighted by atomic mass is 32.2. The van der Waals surface area contributed by atoms with Crippen LogP contribution < -0.4 is 5.73 Å². The molecule has 0 saturated carbocycles. The van der Waals surface area contributed by atoms with Crippen LogP contribution in [0.5, 0.6) is 0 Å². The Hall–Kier alpha value is -1.77. The zero-order chi connectivity index (χ0) is 17.8. The lowest BCUT2D eigenvalue weighted by atomic mass is 10.1. The molecule has 5 N–H and O–H groups in total.